The van der Waals surface area contributed by atoms with Crippen LogP contribution in [-0.4, -0.2) is 83.4 Å². The van der Waals surface area contributed by atoms with Crippen molar-refractivity contribution in [3.05, 3.63) is 29.6 Å². The standard InChI is InChI=1S/C20H32N4O4/c1-7-23(11-10-22(5)6)17(26)13-24(19(27)28)18(20(2,3)4)16-12-15(14-25)8-9-21-16/h8-9,12,14,18H,7,10-11,13H2,1-6H3,(H,27,28). The van der Waals surface area contributed by atoms with Crippen LogP contribution >= 0.6 is 0 Å². The summed E-state index contributed by atoms with van der Waals surface area (Å²) in [7, 11) is 3.84. The van der Waals surface area contributed by atoms with Gasteiger partial charge >= 0.3 is 6.09 Å². The minimum atomic E-state index is -1.20. The molecule has 28 heavy (non-hydrogen) atoms. The van der Waals surface area contributed by atoms with Gasteiger partial charge in [-0.05, 0) is 38.6 Å². The zero-order chi connectivity index (χ0) is 21.5. The van der Waals surface area contributed by atoms with Crippen molar-refractivity contribution in [3.63, 3.8) is 0 Å². The van der Waals surface area contributed by atoms with E-state index in [1.54, 1.807) is 17.0 Å². The van der Waals surface area contributed by atoms with Crippen molar-refractivity contribution in [1.82, 2.24) is 19.7 Å². The molecule has 1 unspecified atom stereocenters. The zero-order valence-corrected chi connectivity index (χ0v) is 17.7. The Hall–Kier alpha value is -2.48. The average Bonchev–Trinajstić information content (AvgIpc) is 2.60. The van der Waals surface area contributed by atoms with E-state index in [0.29, 0.717) is 37.2 Å². The number of carbonyl (C=O) groups excluding carboxylic acids is 2. The third-order valence-electron chi connectivity index (χ3n) is 4.46. The third-order valence-corrected chi connectivity index (χ3v) is 4.46. The van der Waals surface area contributed by atoms with Gasteiger partial charge in [0.25, 0.3) is 0 Å². The zero-order valence-electron chi connectivity index (χ0n) is 17.7. The van der Waals surface area contributed by atoms with Gasteiger partial charge in [-0.15, -0.1) is 0 Å². The average molecular weight is 393 g/mol. The molecule has 8 heteroatoms. The molecule has 1 atom stereocenters. The molecule has 0 aliphatic carbocycles. The maximum absolute atomic E-state index is 12.8. The van der Waals surface area contributed by atoms with E-state index in [2.05, 4.69) is 4.98 Å². The maximum Gasteiger partial charge on any atom is 0.408 e. The minimum Gasteiger partial charge on any atom is -0.465 e. The van der Waals surface area contributed by atoms with Gasteiger partial charge in [0.05, 0.1) is 11.7 Å². The number of hydrogen-bond acceptors (Lipinski definition) is 5. The van der Waals surface area contributed by atoms with Gasteiger partial charge in [0.15, 0.2) is 0 Å². The van der Waals surface area contributed by atoms with Crippen LogP contribution in [0.2, 0.25) is 0 Å². The van der Waals surface area contributed by atoms with Gasteiger partial charge < -0.3 is 14.9 Å². The molecule has 0 fully saturated rings. The first-order valence-electron chi connectivity index (χ1n) is 9.34. The lowest BCUT2D eigenvalue weighted by atomic mass is 9.83. The van der Waals surface area contributed by atoms with Crippen LogP contribution in [0.1, 0.15) is 49.8 Å². The minimum absolute atomic E-state index is 0.257. The number of rotatable bonds is 9. The smallest absolute Gasteiger partial charge is 0.408 e. The van der Waals surface area contributed by atoms with Crippen molar-refractivity contribution in [1.29, 1.82) is 0 Å². The second kappa shape index (κ2) is 10.2. The molecule has 8 nitrogen and oxygen atoms in total. The molecule has 0 saturated carbocycles. The second-order valence-corrected chi connectivity index (χ2v) is 8.09. The molecule has 0 aliphatic heterocycles. The Morgan fingerprint density at radius 1 is 1.25 bits per heavy atom. The van der Waals surface area contributed by atoms with E-state index in [-0.39, 0.29) is 12.5 Å². The summed E-state index contributed by atoms with van der Waals surface area (Å²) in [6.45, 7) is 8.97. The van der Waals surface area contributed by atoms with E-state index in [1.807, 2.05) is 46.7 Å². The summed E-state index contributed by atoms with van der Waals surface area (Å²) in [6, 6.07) is 2.46. The fourth-order valence-electron chi connectivity index (χ4n) is 3.05. The van der Waals surface area contributed by atoms with Crippen molar-refractivity contribution in [3.8, 4) is 0 Å². The summed E-state index contributed by atoms with van der Waals surface area (Å²) in [5, 5.41) is 9.87. The van der Waals surface area contributed by atoms with Crippen LogP contribution < -0.4 is 0 Å². The number of carbonyl (C=O) groups is 3. The van der Waals surface area contributed by atoms with Crippen LogP contribution in [0.4, 0.5) is 4.79 Å². The first-order valence-corrected chi connectivity index (χ1v) is 9.34. The monoisotopic (exact) mass is 392 g/mol. The second-order valence-electron chi connectivity index (χ2n) is 8.09. The Kier molecular flexibility index (Phi) is 8.56. The number of aldehydes is 1. The summed E-state index contributed by atoms with van der Waals surface area (Å²) in [6.07, 6.45) is 0.978. The summed E-state index contributed by atoms with van der Waals surface area (Å²) < 4.78 is 0. The van der Waals surface area contributed by atoms with Crippen molar-refractivity contribution in [2.45, 2.75) is 33.7 Å². The molecule has 1 N–H and O–H groups in total. The summed E-state index contributed by atoms with van der Waals surface area (Å²) in [5.74, 6) is -0.257. The number of likely N-dealkylation sites (N-methyl/N-ethyl adjacent to an activating group) is 2. The molecule has 0 spiro atoms. The highest BCUT2D eigenvalue weighted by molar-refractivity contribution is 5.82. The van der Waals surface area contributed by atoms with E-state index >= 15 is 0 Å². The fourth-order valence-corrected chi connectivity index (χ4v) is 3.05. The SMILES string of the molecule is CCN(CCN(C)C)C(=O)CN(C(=O)O)C(c1cc(C=O)ccn1)C(C)(C)C. The summed E-state index contributed by atoms with van der Waals surface area (Å²) >= 11 is 0. The van der Waals surface area contributed by atoms with Crippen molar-refractivity contribution in [2.75, 3.05) is 40.3 Å². The normalized spacial score (nSPS) is 12.5. The van der Waals surface area contributed by atoms with Crippen LogP contribution in [0.5, 0.6) is 0 Å². The van der Waals surface area contributed by atoms with Gasteiger partial charge in [-0.1, -0.05) is 20.8 Å². The predicted molar refractivity (Wildman–Crippen MR) is 107 cm³/mol. The van der Waals surface area contributed by atoms with E-state index in [4.69, 9.17) is 0 Å². The van der Waals surface area contributed by atoms with Gasteiger partial charge in [0, 0.05) is 31.4 Å². The fraction of sp³-hybridized carbons (Fsp3) is 0.600. The third kappa shape index (κ3) is 6.60. The molecule has 1 heterocycles. The molecule has 1 rings (SSSR count). The molecule has 2 amide bonds. The quantitative estimate of drug-likeness (QED) is 0.649. The van der Waals surface area contributed by atoms with Crippen LogP contribution in [0.15, 0.2) is 18.3 Å². The topological polar surface area (TPSA) is 94.0 Å². The number of pyridine rings is 1. The van der Waals surface area contributed by atoms with E-state index in [9.17, 15) is 19.5 Å². The van der Waals surface area contributed by atoms with E-state index in [1.165, 1.54) is 6.20 Å². The Bertz CT molecular complexity index is 685. The molecule has 156 valence electrons. The number of nitrogens with zero attached hydrogens (tertiary/aromatic N) is 4. The Morgan fingerprint density at radius 2 is 1.89 bits per heavy atom. The highest BCUT2D eigenvalue weighted by atomic mass is 16.4. The molecule has 0 aromatic carbocycles. The first-order chi connectivity index (χ1) is 13.0. The van der Waals surface area contributed by atoms with Gasteiger partial charge in [-0.2, -0.15) is 0 Å². The van der Waals surface area contributed by atoms with Crippen molar-refractivity contribution >= 4 is 18.3 Å². The Morgan fingerprint density at radius 3 is 2.36 bits per heavy atom. The van der Waals surface area contributed by atoms with Gasteiger partial charge in [-0.3, -0.25) is 19.5 Å². The predicted octanol–water partition coefficient (Wildman–Crippen LogP) is 2.37. The number of hydrogen-bond donors (Lipinski definition) is 1. The molecule has 0 saturated heterocycles. The molecule has 0 aliphatic rings. The summed E-state index contributed by atoms with van der Waals surface area (Å²) in [5.41, 5.74) is 0.328. The van der Waals surface area contributed by atoms with Crippen LogP contribution in [-0.2, 0) is 4.79 Å². The lowest BCUT2D eigenvalue weighted by Gasteiger charge is -2.38. The van der Waals surface area contributed by atoms with Gasteiger partial charge in [0.2, 0.25) is 5.91 Å². The van der Waals surface area contributed by atoms with Crippen LogP contribution in [0.25, 0.3) is 0 Å². The van der Waals surface area contributed by atoms with E-state index in [0.717, 1.165) is 4.90 Å². The Balaban J connectivity index is 3.20. The number of amides is 2. The van der Waals surface area contributed by atoms with E-state index < -0.39 is 17.6 Å². The maximum atomic E-state index is 12.8. The lowest BCUT2D eigenvalue weighted by molar-refractivity contribution is -0.133. The molecular weight excluding hydrogens is 360 g/mol. The molecule has 1 aromatic rings. The van der Waals surface area contributed by atoms with Gasteiger partial charge in [-0.25, -0.2) is 4.79 Å². The lowest BCUT2D eigenvalue weighted by Crippen LogP contribution is -2.48. The van der Waals surface area contributed by atoms with Gasteiger partial charge in [0.1, 0.15) is 12.8 Å². The van der Waals surface area contributed by atoms with Crippen molar-refractivity contribution < 1.29 is 19.5 Å². The molecule has 0 radical (unpaired) electrons. The van der Waals surface area contributed by atoms with Crippen LogP contribution in [0, 0.1) is 5.41 Å². The largest absolute Gasteiger partial charge is 0.465 e. The molecule has 0 bridgehead atoms. The number of carboxylic acid groups (broad SMARTS) is 1. The number of aromatic nitrogens is 1. The van der Waals surface area contributed by atoms with Crippen molar-refractivity contribution in [2.24, 2.45) is 5.41 Å². The summed E-state index contributed by atoms with van der Waals surface area (Å²) in [4.78, 5) is 45.1. The van der Waals surface area contributed by atoms with Crippen LogP contribution in [0.3, 0.4) is 0 Å². The molecular formula is C20H32N4O4. The highest BCUT2D eigenvalue weighted by Gasteiger charge is 2.37. The Labute approximate surface area is 167 Å². The first kappa shape index (κ1) is 23.6. The highest BCUT2D eigenvalue weighted by Crippen LogP contribution is 2.37. The molecule has 1 aromatic heterocycles.